The van der Waals surface area contributed by atoms with E-state index < -0.39 is 0 Å². The van der Waals surface area contributed by atoms with Gasteiger partial charge in [-0.05, 0) is 186 Å². The first kappa shape index (κ1) is 48.3. The van der Waals surface area contributed by atoms with E-state index in [4.69, 9.17) is 8.75 Å². The van der Waals surface area contributed by atoms with Gasteiger partial charge in [-0.2, -0.15) is 8.75 Å². The van der Waals surface area contributed by atoms with E-state index in [9.17, 15) is 17.6 Å². The number of halogens is 4. The molecule has 11 heteroatoms. The monoisotopic (exact) mass is 1100 g/mol. The number of fused-ring (bicyclic) bond motifs is 10. The number of para-hydroxylation sites is 2. The minimum absolute atomic E-state index is 0.284. The van der Waals surface area contributed by atoms with E-state index in [0.29, 0.717) is 10.8 Å². The van der Waals surface area contributed by atoms with Crippen LogP contribution in [0.5, 0.6) is 0 Å². The Morgan fingerprint density at radius 2 is 0.675 bits per heavy atom. The van der Waals surface area contributed by atoms with Crippen LogP contribution in [0.2, 0.25) is 0 Å². The van der Waals surface area contributed by atoms with Crippen LogP contribution in [-0.2, 0) is 0 Å². The van der Waals surface area contributed by atoms with Crippen LogP contribution >= 0.6 is 11.7 Å². The summed E-state index contributed by atoms with van der Waals surface area (Å²) in [6.07, 6.45) is 0. The van der Waals surface area contributed by atoms with Crippen molar-refractivity contribution in [2.75, 3.05) is 4.90 Å². The van der Waals surface area contributed by atoms with Gasteiger partial charge < -0.3 is 18.6 Å². The third-order valence-corrected chi connectivity index (χ3v) is 16.7. The van der Waals surface area contributed by atoms with Gasteiger partial charge >= 0.3 is 0 Å². The summed E-state index contributed by atoms with van der Waals surface area (Å²) in [6.45, 7) is 0. The van der Waals surface area contributed by atoms with E-state index in [0.717, 1.165) is 145 Å². The molecule has 0 aliphatic rings. The van der Waals surface area contributed by atoms with Gasteiger partial charge in [-0.3, -0.25) is 0 Å². The zero-order valence-electron chi connectivity index (χ0n) is 43.9. The third kappa shape index (κ3) is 7.91. The second-order valence-electron chi connectivity index (χ2n) is 20.8. The van der Waals surface area contributed by atoms with Crippen molar-refractivity contribution < 1.29 is 17.6 Å². The fraction of sp³-hybridized carbons (Fsp3) is 0. The van der Waals surface area contributed by atoms with E-state index in [1.54, 1.807) is 12.1 Å². The summed E-state index contributed by atoms with van der Waals surface area (Å²) in [4.78, 5) is 2.23. The Kier molecular flexibility index (Phi) is 11.1. The Bertz CT molecular complexity index is 4970. The quantitative estimate of drug-likeness (QED) is 0.135. The largest absolute Gasteiger partial charge is 0.309 e. The first-order valence-corrected chi connectivity index (χ1v) is 27.9. The summed E-state index contributed by atoms with van der Waals surface area (Å²) in [7, 11) is 0. The maximum atomic E-state index is 14.6. The molecule has 12 aromatic carbocycles. The van der Waals surface area contributed by atoms with Crippen molar-refractivity contribution in [1.82, 2.24) is 22.4 Å². The lowest BCUT2D eigenvalue weighted by molar-refractivity contribution is 0.627. The van der Waals surface area contributed by atoms with Gasteiger partial charge in [-0.15, -0.1) is 0 Å². The number of benzene rings is 12. The molecule has 0 saturated carbocycles. The number of rotatable bonds is 9. The molecule has 16 aromatic rings. The highest BCUT2D eigenvalue weighted by atomic mass is 32.1. The second-order valence-corrected chi connectivity index (χ2v) is 21.4. The molecule has 6 nitrogen and oxygen atoms in total. The molecule has 0 radical (unpaired) electrons. The van der Waals surface area contributed by atoms with Gasteiger partial charge in [-0.25, -0.2) is 17.6 Å². The lowest BCUT2D eigenvalue weighted by Crippen LogP contribution is -2.10. The molecule has 4 aromatic heterocycles. The van der Waals surface area contributed by atoms with Gasteiger partial charge in [-0.1, -0.05) is 97.1 Å². The summed E-state index contributed by atoms with van der Waals surface area (Å²) >= 11 is 1.16. The number of nitrogens with zero attached hydrogens (tertiary/aromatic N) is 6. The Morgan fingerprint density at radius 3 is 1.17 bits per heavy atom. The molecule has 0 unspecified atom stereocenters. The molecular weight excluding hydrogens is 1060 g/mol. The van der Waals surface area contributed by atoms with Crippen molar-refractivity contribution >= 4 is 105 Å². The molecule has 0 aliphatic heterocycles. The first-order chi connectivity index (χ1) is 40.8. The smallest absolute Gasteiger partial charge is 0.129 e. The number of hydrogen-bond donors (Lipinski definition) is 0. The SMILES string of the molecule is Fc1ccc(-n2c3ccccc3c3ccc(-c4ccc(N(c5ccc(-c6ccc7c8ccccc8n(-c8ccc(F)cc8)c7c6)cc5)c5ccc(-c6ccc(-n7c8ccc(F)cc8c8cc(F)ccc87)cc6)c6nsnc56)cc4)cc32)cc1. The Balaban J connectivity index is 0.803. The van der Waals surface area contributed by atoms with Gasteiger partial charge in [0.1, 0.15) is 34.3 Å². The standard InChI is InChI=1S/C72H42F4N6S/c73-48-17-29-55(30-18-48)81-64-7-3-1-5-58(64)60-33-15-46(39-69(60)81)43-9-23-52(24-10-43)79(53-25-11-44(12-26-53)47-16-34-61-59-6-2-4-8-65(59)82(70(61)40-47)56-31-19-49(74)20-32-56)68-38-35-57(71-72(68)78-83-77-71)45-13-27-54(28-14-45)80-66-36-21-50(75)41-62(66)63-42-51(76)22-37-67(63)80/h1-42H. The molecule has 0 N–H and O–H groups in total. The molecule has 0 aliphatic carbocycles. The predicted octanol–water partition coefficient (Wildman–Crippen LogP) is 20.0. The van der Waals surface area contributed by atoms with E-state index in [-0.39, 0.29) is 23.3 Å². The Morgan fingerprint density at radius 1 is 0.289 bits per heavy atom. The van der Waals surface area contributed by atoms with Gasteiger partial charge in [0.2, 0.25) is 0 Å². The van der Waals surface area contributed by atoms with Crippen molar-refractivity contribution in [3.63, 3.8) is 0 Å². The Labute approximate surface area is 476 Å². The van der Waals surface area contributed by atoms with Crippen molar-refractivity contribution in [2.45, 2.75) is 0 Å². The molecule has 16 rings (SSSR count). The van der Waals surface area contributed by atoms with Gasteiger partial charge in [0.05, 0.1) is 50.5 Å². The highest BCUT2D eigenvalue weighted by Crippen LogP contribution is 2.44. The van der Waals surface area contributed by atoms with Crippen LogP contribution < -0.4 is 4.90 Å². The molecule has 0 saturated heterocycles. The second kappa shape index (κ2) is 19.0. The zero-order chi connectivity index (χ0) is 55.4. The maximum absolute atomic E-state index is 14.6. The van der Waals surface area contributed by atoms with Crippen molar-refractivity contribution in [3.05, 3.63) is 278 Å². The minimum atomic E-state index is -0.384. The molecule has 394 valence electrons. The molecule has 0 fully saturated rings. The minimum Gasteiger partial charge on any atom is -0.309 e. The van der Waals surface area contributed by atoms with Crippen LogP contribution in [0.3, 0.4) is 0 Å². The van der Waals surface area contributed by atoms with E-state index in [1.165, 1.54) is 48.5 Å². The van der Waals surface area contributed by atoms with E-state index in [1.807, 2.05) is 65.2 Å². The average molecular weight is 1100 g/mol. The van der Waals surface area contributed by atoms with Crippen LogP contribution in [0.4, 0.5) is 34.6 Å². The van der Waals surface area contributed by atoms with Crippen LogP contribution in [-0.4, -0.2) is 22.4 Å². The topological polar surface area (TPSA) is 43.8 Å². The van der Waals surface area contributed by atoms with Crippen LogP contribution in [0.1, 0.15) is 0 Å². The summed E-state index contributed by atoms with van der Waals surface area (Å²) in [5.41, 5.74) is 18.4. The molecule has 4 heterocycles. The first-order valence-electron chi connectivity index (χ1n) is 27.1. The molecule has 83 heavy (non-hydrogen) atoms. The summed E-state index contributed by atoms with van der Waals surface area (Å²) < 4.78 is 74.0. The summed E-state index contributed by atoms with van der Waals surface area (Å²) in [6, 6.07) is 81.7. The highest BCUT2D eigenvalue weighted by Gasteiger charge is 2.23. The predicted molar refractivity (Wildman–Crippen MR) is 331 cm³/mol. The normalized spacial score (nSPS) is 11.9. The fourth-order valence-electron chi connectivity index (χ4n) is 12.4. The number of hydrogen-bond acceptors (Lipinski definition) is 4. The van der Waals surface area contributed by atoms with Gasteiger partial charge in [0.15, 0.2) is 0 Å². The van der Waals surface area contributed by atoms with Crippen LogP contribution in [0, 0.1) is 23.3 Å². The Hall–Kier alpha value is -10.6. The summed E-state index contributed by atoms with van der Waals surface area (Å²) in [5.74, 6) is -1.33. The molecule has 0 atom stereocenters. The van der Waals surface area contributed by atoms with Crippen molar-refractivity contribution in [1.29, 1.82) is 0 Å². The number of aromatic nitrogens is 5. The third-order valence-electron chi connectivity index (χ3n) is 16.2. The zero-order valence-corrected chi connectivity index (χ0v) is 44.7. The molecule has 0 amide bonds. The van der Waals surface area contributed by atoms with Crippen molar-refractivity contribution in [3.8, 4) is 50.4 Å². The highest BCUT2D eigenvalue weighted by molar-refractivity contribution is 7.00. The maximum Gasteiger partial charge on any atom is 0.129 e. The average Bonchev–Trinajstić information content (AvgIpc) is 3.54. The van der Waals surface area contributed by atoms with E-state index >= 15 is 0 Å². The molecule has 0 spiro atoms. The fourth-order valence-corrected chi connectivity index (χ4v) is 12.9. The lowest BCUT2D eigenvalue weighted by Gasteiger charge is -2.26. The van der Waals surface area contributed by atoms with Gasteiger partial charge in [0, 0.05) is 66.3 Å². The lowest BCUT2D eigenvalue weighted by atomic mass is 10.0. The van der Waals surface area contributed by atoms with Crippen LogP contribution in [0.25, 0.3) is 127 Å². The molecule has 0 bridgehead atoms. The molecular formula is C72H42F4N6S. The summed E-state index contributed by atoms with van der Waals surface area (Å²) in [5, 5.41) is 5.72. The van der Waals surface area contributed by atoms with Gasteiger partial charge in [0.25, 0.3) is 0 Å². The van der Waals surface area contributed by atoms with Crippen molar-refractivity contribution in [2.24, 2.45) is 0 Å². The van der Waals surface area contributed by atoms with Crippen LogP contribution in [0.15, 0.2) is 255 Å². The van der Waals surface area contributed by atoms with E-state index in [2.05, 4.69) is 147 Å². The number of anilines is 3.